The average molecular weight is 337 g/mol. The highest BCUT2D eigenvalue weighted by Gasteiger charge is 2.28. The van der Waals surface area contributed by atoms with Crippen LogP contribution < -0.4 is 10.6 Å². The maximum Gasteiger partial charge on any atom is 0.314 e. The van der Waals surface area contributed by atoms with E-state index >= 15 is 0 Å². The first-order valence-electron chi connectivity index (χ1n) is 8.10. The maximum absolute atomic E-state index is 11.9. The number of urea groups is 1. The molecule has 1 aliphatic heterocycles. The van der Waals surface area contributed by atoms with Crippen LogP contribution in [0.2, 0.25) is 0 Å². The molecule has 1 aliphatic rings. The molecule has 5 nitrogen and oxygen atoms in total. The van der Waals surface area contributed by atoms with Gasteiger partial charge in [0.2, 0.25) is 0 Å². The lowest BCUT2D eigenvalue weighted by Crippen LogP contribution is -2.56. The Hall–Kier alpha value is -1.24. The molecule has 0 atom stereocenters. The Balaban J connectivity index is 1.60. The van der Waals surface area contributed by atoms with E-state index in [1.165, 1.54) is 4.90 Å². The number of amides is 2. The molecule has 2 rings (SSSR count). The van der Waals surface area contributed by atoms with Crippen LogP contribution in [-0.4, -0.2) is 61.6 Å². The zero-order chi connectivity index (χ0) is 16.5. The lowest BCUT2D eigenvalue weighted by molar-refractivity contribution is -0.00874. The summed E-state index contributed by atoms with van der Waals surface area (Å²) in [5, 5.41) is 5.89. The van der Waals surface area contributed by atoms with Gasteiger partial charge in [-0.1, -0.05) is 18.2 Å². The number of nitrogens with zero attached hydrogens (tertiary/aromatic N) is 1. The van der Waals surface area contributed by atoms with E-state index in [-0.39, 0.29) is 11.6 Å². The van der Waals surface area contributed by atoms with Crippen LogP contribution in [0.1, 0.15) is 13.8 Å². The maximum atomic E-state index is 11.9. The van der Waals surface area contributed by atoms with Gasteiger partial charge < -0.3 is 15.4 Å². The number of nitrogens with one attached hydrogen (secondary N) is 2. The fraction of sp³-hybridized carbons (Fsp3) is 0.588. The molecule has 2 amide bonds. The third kappa shape index (κ3) is 6.41. The number of carbonyl (C=O) groups is 1. The Bertz CT molecular complexity index is 476. The highest BCUT2D eigenvalue weighted by molar-refractivity contribution is 7.99. The minimum absolute atomic E-state index is 0.0556. The third-order valence-electron chi connectivity index (χ3n) is 3.95. The summed E-state index contributed by atoms with van der Waals surface area (Å²) < 4.78 is 5.38. The molecule has 0 unspecified atom stereocenters. The molecule has 0 bridgehead atoms. The molecule has 1 aromatic rings. The summed E-state index contributed by atoms with van der Waals surface area (Å²) in [5.41, 5.74) is -0.0556. The molecule has 0 aliphatic carbocycles. The highest BCUT2D eigenvalue weighted by Crippen LogP contribution is 2.16. The van der Waals surface area contributed by atoms with E-state index in [9.17, 15) is 4.79 Å². The monoisotopic (exact) mass is 337 g/mol. The summed E-state index contributed by atoms with van der Waals surface area (Å²) in [5.74, 6) is 0.865. The largest absolute Gasteiger partial charge is 0.379 e. The molecule has 1 aromatic carbocycles. The second kappa shape index (κ2) is 9.15. The van der Waals surface area contributed by atoms with E-state index < -0.39 is 0 Å². The zero-order valence-corrected chi connectivity index (χ0v) is 14.8. The van der Waals surface area contributed by atoms with Crippen LogP contribution in [0.25, 0.3) is 0 Å². The molecule has 6 heteroatoms. The molecular weight excluding hydrogens is 310 g/mol. The molecule has 128 valence electrons. The average Bonchev–Trinajstić information content (AvgIpc) is 2.59. The van der Waals surface area contributed by atoms with Crippen LogP contribution in [0.5, 0.6) is 0 Å². The first-order valence-corrected chi connectivity index (χ1v) is 9.09. The van der Waals surface area contributed by atoms with Crippen molar-refractivity contribution in [2.75, 3.05) is 45.1 Å². The fourth-order valence-corrected chi connectivity index (χ4v) is 3.28. The van der Waals surface area contributed by atoms with Crippen molar-refractivity contribution in [1.29, 1.82) is 0 Å². The lowest BCUT2D eigenvalue weighted by Gasteiger charge is -2.40. The minimum Gasteiger partial charge on any atom is -0.379 e. The van der Waals surface area contributed by atoms with Crippen LogP contribution in [0.3, 0.4) is 0 Å². The van der Waals surface area contributed by atoms with Gasteiger partial charge in [-0.3, -0.25) is 4.90 Å². The van der Waals surface area contributed by atoms with Crippen molar-refractivity contribution in [1.82, 2.24) is 15.5 Å². The molecular formula is C17H27N3O2S. The lowest BCUT2D eigenvalue weighted by atomic mass is 10.0. The van der Waals surface area contributed by atoms with E-state index in [1.807, 2.05) is 18.2 Å². The Labute approximate surface area is 143 Å². The van der Waals surface area contributed by atoms with E-state index in [1.54, 1.807) is 11.8 Å². The zero-order valence-electron chi connectivity index (χ0n) is 14.0. The van der Waals surface area contributed by atoms with Gasteiger partial charge in [0, 0.05) is 42.4 Å². The van der Waals surface area contributed by atoms with Crippen LogP contribution in [-0.2, 0) is 4.74 Å². The van der Waals surface area contributed by atoms with Gasteiger partial charge in [0.1, 0.15) is 0 Å². The standard InChI is InChI=1S/C17H27N3O2S/c1-17(2,20-9-11-22-12-10-20)14-19-16(21)18-8-13-23-15-6-4-3-5-7-15/h3-7H,8-14H2,1-2H3,(H2,18,19,21). The van der Waals surface area contributed by atoms with Gasteiger partial charge in [0.15, 0.2) is 0 Å². The predicted molar refractivity (Wildman–Crippen MR) is 95.0 cm³/mol. The summed E-state index contributed by atoms with van der Waals surface area (Å²) in [7, 11) is 0. The quantitative estimate of drug-likeness (QED) is 0.591. The van der Waals surface area contributed by atoms with Crippen molar-refractivity contribution in [2.45, 2.75) is 24.3 Å². The van der Waals surface area contributed by atoms with Gasteiger partial charge in [0.05, 0.1) is 13.2 Å². The van der Waals surface area contributed by atoms with Gasteiger partial charge in [-0.15, -0.1) is 11.8 Å². The van der Waals surface area contributed by atoms with Crippen molar-refractivity contribution in [3.63, 3.8) is 0 Å². The first kappa shape index (κ1) is 18.1. The third-order valence-corrected chi connectivity index (χ3v) is 4.96. The van der Waals surface area contributed by atoms with E-state index in [0.29, 0.717) is 13.1 Å². The fourth-order valence-electron chi connectivity index (χ4n) is 2.49. The summed E-state index contributed by atoms with van der Waals surface area (Å²) in [6.45, 7) is 8.98. The van der Waals surface area contributed by atoms with Gasteiger partial charge in [0.25, 0.3) is 0 Å². The smallest absolute Gasteiger partial charge is 0.314 e. The van der Waals surface area contributed by atoms with Crippen molar-refractivity contribution < 1.29 is 9.53 Å². The molecule has 0 aromatic heterocycles. The van der Waals surface area contributed by atoms with E-state index in [2.05, 4.69) is 41.5 Å². The summed E-state index contributed by atoms with van der Waals surface area (Å²) in [4.78, 5) is 15.5. The number of ether oxygens (including phenoxy) is 1. The van der Waals surface area contributed by atoms with Gasteiger partial charge >= 0.3 is 6.03 Å². The van der Waals surface area contributed by atoms with Crippen molar-refractivity contribution in [3.05, 3.63) is 30.3 Å². The summed E-state index contributed by atoms with van der Waals surface area (Å²) >= 11 is 1.74. The van der Waals surface area contributed by atoms with Crippen LogP contribution in [0, 0.1) is 0 Å². The number of morpholine rings is 1. The molecule has 1 saturated heterocycles. The molecule has 1 heterocycles. The number of hydrogen-bond donors (Lipinski definition) is 2. The first-order chi connectivity index (χ1) is 11.1. The van der Waals surface area contributed by atoms with Crippen LogP contribution >= 0.6 is 11.8 Å². The van der Waals surface area contributed by atoms with Gasteiger partial charge in [-0.25, -0.2) is 4.79 Å². The molecule has 23 heavy (non-hydrogen) atoms. The van der Waals surface area contributed by atoms with Crippen LogP contribution in [0.4, 0.5) is 4.79 Å². The molecule has 0 saturated carbocycles. The Kier molecular flexibility index (Phi) is 7.20. The highest BCUT2D eigenvalue weighted by atomic mass is 32.2. The topological polar surface area (TPSA) is 53.6 Å². The Morgan fingerprint density at radius 3 is 2.61 bits per heavy atom. The number of rotatable bonds is 7. The van der Waals surface area contributed by atoms with Crippen molar-refractivity contribution >= 4 is 17.8 Å². The number of thioether (sulfide) groups is 1. The molecule has 1 fully saturated rings. The number of carbonyl (C=O) groups excluding carboxylic acids is 1. The van der Waals surface area contributed by atoms with Gasteiger partial charge in [-0.05, 0) is 26.0 Å². The van der Waals surface area contributed by atoms with E-state index in [0.717, 1.165) is 32.1 Å². The van der Waals surface area contributed by atoms with Crippen molar-refractivity contribution in [2.24, 2.45) is 0 Å². The number of hydrogen-bond acceptors (Lipinski definition) is 4. The second-order valence-corrected chi connectivity index (χ2v) is 7.35. The molecule has 0 radical (unpaired) electrons. The molecule has 2 N–H and O–H groups in total. The summed E-state index contributed by atoms with van der Waals surface area (Å²) in [6, 6.07) is 10.1. The normalized spacial score (nSPS) is 16.1. The van der Waals surface area contributed by atoms with Gasteiger partial charge in [-0.2, -0.15) is 0 Å². The second-order valence-electron chi connectivity index (χ2n) is 6.18. The van der Waals surface area contributed by atoms with E-state index in [4.69, 9.17) is 4.74 Å². The SMILES string of the molecule is CC(C)(CNC(=O)NCCSc1ccccc1)N1CCOCC1. The Morgan fingerprint density at radius 1 is 1.22 bits per heavy atom. The Morgan fingerprint density at radius 2 is 1.91 bits per heavy atom. The summed E-state index contributed by atoms with van der Waals surface area (Å²) in [6.07, 6.45) is 0. The predicted octanol–water partition coefficient (Wildman–Crippen LogP) is 2.19. The van der Waals surface area contributed by atoms with Crippen molar-refractivity contribution in [3.8, 4) is 0 Å². The number of benzene rings is 1. The molecule has 0 spiro atoms. The minimum atomic E-state index is -0.0972. The van der Waals surface area contributed by atoms with Crippen LogP contribution in [0.15, 0.2) is 35.2 Å².